The highest BCUT2D eigenvalue weighted by Gasteiger charge is 2.16. The standard InChI is InChI=1S/C18H26N2O3/c1-3-12-23-18(19-15-9-5-4-6-10-15)20-17(21)14-8-7-11-16(13-14)22-2/h7-8,11,13,15H,3-6,9-10,12H2,1-2H3,(H,19,20,21). The van der Waals surface area contributed by atoms with E-state index in [9.17, 15) is 4.79 Å². The zero-order valence-corrected chi connectivity index (χ0v) is 14.0. The van der Waals surface area contributed by atoms with Crippen molar-refractivity contribution in [2.24, 2.45) is 4.99 Å². The molecule has 1 aliphatic carbocycles. The van der Waals surface area contributed by atoms with Gasteiger partial charge in [-0.05, 0) is 37.5 Å². The van der Waals surface area contributed by atoms with Crippen molar-refractivity contribution in [3.63, 3.8) is 0 Å². The van der Waals surface area contributed by atoms with Gasteiger partial charge in [0.2, 0.25) is 0 Å². The van der Waals surface area contributed by atoms with E-state index in [1.165, 1.54) is 19.3 Å². The highest BCUT2D eigenvalue weighted by Crippen LogP contribution is 2.20. The van der Waals surface area contributed by atoms with E-state index in [0.29, 0.717) is 23.9 Å². The van der Waals surface area contributed by atoms with Gasteiger partial charge >= 0.3 is 0 Å². The van der Waals surface area contributed by atoms with Crippen molar-refractivity contribution < 1.29 is 14.3 Å². The first-order chi connectivity index (χ1) is 11.2. The second-order valence-electron chi connectivity index (χ2n) is 5.76. The van der Waals surface area contributed by atoms with Gasteiger partial charge in [0.15, 0.2) is 0 Å². The molecule has 0 aromatic heterocycles. The highest BCUT2D eigenvalue weighted by atomic mass is 16.5. The predicted octanol–water partition coefficient (Wildman–Crippen LogP) is 3.54. The lowest BCUT2D eigenvalue weighted by atomic mass is 9.96. The summed E-state index contributed by atoms with van der Waals surface area (Å²) in [5.41, 5.74) is 0.529. The zero-order chi connectivity index (χ0) is 16.5. The molecule has 126 valence electrons. The quantitative estimate of drug-likeness (QED) is 0.667. The Morgan fingerprint density at radius 1 is 1.30 bits per heavy atom. The first-order valence-corrected chi connectivity index (χ1v) is 8.39. The fourth-order valence-electron chi connectivity index (χ4n) is 2.61. The molecule has 23 heavy (non-hydrogen) atoms. The Kier molecular flexibility index (Phi) is 6.91. The summed E-state index contributed by atoms with van der Waals surface area (Å²) in [5.74, 6) is 0.424. The van der Waals surface area contributed by atoms with E-state index in [-0.39, 0.29) is 11.9 Å². The molecule has 0 heterocycles. The number of nitrogens with one attached hydrogen (secondary N) is 1. The number of nitrogens with zero attached hydrogens (tertiary/aromatic N) is 1. The van der Waals surface area contributed by atoms with Crippen molar-refractivity contribution in [2.75, 3.05) is 13.7 Å². The number of benzene rings is 1. The van der Waals surface area contributed by atoms with E-state index in [1.54, 1.807) is 31.4 Å². The molecule has 0 aliphatic heterocycles. The number of hydrogen-bond acceptors (Lipinski definition) is 4. The summed E-state index contributed by atoms with van der Waals surface area (Å²) in [6.45, 7) is 2.58. The first kappa shape index (κ1) is 17.3. The van der Waals surface area contributed by atoms with Crippen LogP contribution >= 0.6 is 0 Å². The molecular formula is C18H26N2O3. The minimum Gasteiger partial charge on any atom is -0.497 e. The Morgan fingerprint density at radius 2 is 2.09 bits per heavy atom. The van der Waals surface area contributed by atoms with E-state index < -0.39 is 0 Å². The summed E-state index contributed by atoms with van der Waals surface area (Å²) in [6.07, 6.45) is 6.66. The van der Waals surface area contributed by atoms with E-state index in [4.69, 9.17) is 9.47 Å². The smallest absolute Gasteiger partial charge is 0.291 e. The maximum absolute atomic E-state index is 12.4. The third kappa shape index (κ3) is 5.58. The topological polar surface area (TPSA) is 59.9 Å². The Bertz CT molecular complexity index is 537. The Labute approximate surface area is 138 Å². The fourth-order valence-corrected chi connectivity index (χ4v) is 2.61. The van der Waals surface area contributed by atoms with Crippen molar-refractivity contribution in [2.45, 2.75) is 51.5 Å². The molecule has 0 atom stereocenters. The van der Waals surface area contributed by atoms with Crippen LogP contribution in [-0.2, 0) is 4.74 Å². The minimum absolute atomic E-state index is 0.227. The first-order valence-electron chi connectivity index (χ1n) is 8.39. The predicted molar refractivity (Wildman–Crippen MR) is 91.0 cm³/mol. The molecule has 1 aromatic carbocycles. The summed E-state index contributed by atoms with van der Waals surface area (Å²) >= 11 is 0. The van der Waals surface area contributed by atoms with Crippen molar-refractivity contribution in [1.29, 1.82) is 0 Å². The largest absolute Gasteiger partial charge is 0.497 e. The van der Waals surface area contributed by atoms with E-state index in [1.807, 2.05) is 6.92 Å². The summed E-state index contributed by atoms with van der Waals surface area (Å²) in [4.78, 5) is 17.0. The lowest BCUT2D eigenvalue weighted by Gasteiger charge is -2.19. The SMILES string of the molecule is CCCOC(=NC1CCCCC1)NC(=O)c1cccc(OC)c1. The van der Waals surface area contributed by atoms with Gasteiger partial charge in [-0.1, -0.05) is 32.3 Å². The van der Waals surface area contributed by atoms with E-state index in [2.05, 4.69) is 10.3 Å². The van der Waals surface area contributed by atoms with Crippen LogP contribution in [0.4, 0.5) is 0 Å². The molecule has 1 N–H and O–H groups in total. The number of aliphatic imine (C=N–C) groups is 1. The molecule has 1 aromatic rings. The van der Waals surface area contributed by atoms with Crippen molar-refractivity contribution in [3.8, 4) is 5.75 Å². The lowest BCUT2D eigenvalue weighted by Crippen LogP contribution is -2.34. The minimum atomic E-state index is -0.227. The third-order valence-electron chi connectivity index (χ3n) is 3.87. The van der Waals surface area contributed by atoms with Crippen LogP contribution in [0.3, 0.4) is 0 Å². The van der Waals surface area contributed by atoms with Gasteiger partial charge in [-0.25, -0.2) is 4.99 Å². The molecule has 0 unspecified atom stereocenters. The number of methoxy groups -OCH3 is 1. The molecule has 1 fully saturated rings. The molecule has 5 heteroatoms. The van der Waals surface area contributed by atoms with Gasteiger partial charge in [-0.2, -0.15) is 0 Å². The van der Waals surface area contributed by atoms with Crippen LogP contribution < -0.4 is 10.1 Å². The van der Waals surface area contributed by atoms with Gasteiger partial charge in [0.25, 0.3) is 11.9 Å². The van der Waals surface area contributed by atoms with Gasteiger partial charge in [-0.15, -0.1) is 0 Å². The highest BCUT2D eigenvalue weighted by molar-refractivity contribution is 6.04. The van der Waals surface area contributed by atoms with E-state index in [0.717, 1.165) is 19.3 Å². The zero-order valence-electron chi connectivity index (χ0n) is 14.0. The molecule has 0 spiro atoms. The number of amides is 1. The second-order valence-corrected chi connectivity index (χ2v) is 5.76. The van der Waals surface area contributed by atoms with Crippen molar-refractivity contribution in [1.82, 2.24) is 5.32 Å². The van der Waals surface area contributed by atoms with Crippen LogP contribution in [0.5, 0.6) is 5.75 Å². The number of hydrogen-bond donors (Lipinski definition) is 1. The van der Waals surface area contributed by atoms with Crippen LogP contribution in [-0.4, -0.2) is 31.7 Å². The normalized spacial score (nSPS) is 16.0. The molecule has 2 rings (SSSR count). The Hall–Kier alpha value is -2.04. The van der Waals surface area contributed by atoms with Gasteiger partial charge in [0.05, 0.1) is 19.8 Å². The summed E-state index contributed by atoms with van der Waals surface area (Å²) < 4.78 is 10.8. The monoisotopic (exact) mass is 318 g/mol. The molecule has 1 amide bonds. The maximum Gasteiger partial charge on any atom is 0.291 e. The Morgan fingerprint density at radius 3 is 2.78 bits per heavy atom. The maximum atomic E-state index is 12.4. The molecule has 5 nitrogen and oxygen atoms in total. The lowest BCUT2D eigenvalue weighted by molar-refractivity contribution is 0.0964. The molecule has 0 radical (unpaired) electrons. The summed E-state index contributed by atoms with van der Waals surface area (Å²) in [5, 5.41) is 2.80. The van der Waals surface area contributed by atoms with Crippen molar-refractivity contribution in [3.05, 3.63) is 29.8 Å². The van der Waals surface area contributed by atoms with Crippen molar-refractivity contribution >= 4 is 11.9 Å². The summed E-state index contributed by atoms with van der Waals surface area (Å²) in [6, 6.07) is 7.64. The van der Waals surface area contributed by atoms with Crippen LogP contribution in [0.2, 0.25) is 0 Å². The number of rotatable bonds is 5. The molecule has 0 saturated heterocycles. The number of carbonyl (C=O) groups excluding carboxylic acids is 1. The van der Waals surface area contributed by atoms with E-state index >= 15 is 0 Å². The van der Waals surface area contributed by atoms with Crippen LogP contribution in [0.25, 0.3) is 0 Å². The average Bonchev–Trinajstić information content (AvgIpc) is 2.60. The van der Waals surface area contributed by atoms with Gasteiger partial charge in [0.1, 0.15) is 5.75 Å². The van der Waals surface area contributed by atoms with Crippen LogP contribution in [0.15, 0.2) is 29.3 Å². The second kappa shape index (κ2) is 9.18. The van der Waals surface area contributed by atoms with Crippen LogP contribution in [0.1, 0.15) is 55.8 Å². The van der Waals surface area contributed by atoms with Gasteiger partial charge < -0.3 is 9.47 Å². The number of ether oxygens (including phenoxy) is 2. The molecule has 1 saturated carbocycles. The molecular weight excluding hydrogens is 292 g/mol. The van der Waals surface area contributed by atoms with Gasteiger partial charge in [0, 0.05) is 5.56 Å². The fraction of sp³-hybridized carbons (Fsp3) is 0.556. The Balaban J connectivity index is 2.06. The van der Waals surface area contributed by atoms with Gasteiger partial charge in [-0.3, -0.25) is 10.1 Å². The molecule has 0 bridgehead atoms. The number of carbonyl (C=O) groups is 1. The third-order valence-corrected chi connectivity index (χ3v) is 3.87. The average molecular weight is 318 g/mol. The van der Waals surface area contributed by atoms with Crippen LogP contribution in [0, 0.1) is 0 Å². The summed E-state index contributed by atoms with van der Waals surface area (Å²) in [7, 11) is 1.58. The molecule has 1 aliphatic rings. The number of amidine groups is 1.